The van der Waals surface area contributed by atoms with Crippen molar-refractivity contribution < 1.29 is 18.3 Å². The summed E-state index contributed by atoms with van der Waals surface area (Å²) in [7, 11) is -3.53. The van der Waals surface area contributed by atoms with E-state index in [1.807, 2.05) is 6.92 Å². The molecule has 0 amide bonds. The molecule has 0 saturated carbocycles. The van der Waals surface area contributed by atoms with Gasteiger partial charge in [0.1, 0.15) is 0 Å². The van der Waals surface area contributed by atoms with Crippen LogP contribution in [0.15, 0.2) is 18.2 Å². The maximum atomic E-state index is 11.6. The third-order valence-corrected chi connectivity index (χ3v) is 3.73. The Morgan fingerprint density at radius 3 is 2.67 bits per heavy atom. The molecule has 0 heterocycles. The molecule has 0 spiro atoms. The highest BCUT2D eigenvalue weighted by Gasteiger charge is 2.11. The van der Waals surface area contributed by atoms with Gasteiger partial charge in [-0.05, 0) is 31.0 Å². The first-order valence-corrected chi connectivity index (χ1v) is 7.04. The fourth-order valence-corrected chi connectivity index (χ4v) is 2.46. The summed E-state index contributed by atoms with van der Waals surface area (Å²) in [6.45, 7) is 1.82. The summed E-state index contributed by atoms with van der Waals surface area (Å²) in [5.74, 6) is -1.24. The Morgan fingerprint density at radius 2 is 2.11 bits per heavy atom. The van der Waals surface area contributed by atoms with Crippen molar-refractivity contribution in [2.75, 3.05) is 16.2 Å². The summed E-state index contributed by atoms with van der Waals surface area (Å²) in [5.41, 5.74) is 7.41. The highest BCUT2D eigenvalue weighted by molar-refractivity contribution is 7.92. The molecule has 0 aliphatic rings. The highest BCUT2D eigenvalue weighted by Crippen LogP contribution is 2.18. The monoisotopic (exact) mass is 272 g/mol. The summed E-state index contributed by atoms with van der Waals surface area (Å²) < 4.78 is 25.6. The molecule has 0 radical (unpaired) electrons. The predicted molar refractivity (Wildman–Crippen MR) is 69.9 cm³/mol. The molecule has 0 saturated heterocycles. The Labute approximate surface area is 106 Å². The zero-order valence-electron chi connectivity index (χ0n) is 10.0. The number of hydrogen-bond donors (Lipinski definition) is 3. The van der Waals surface area contributed by atoms with Crippen molar-refractivity contribution in [2.24, 2.45) is 0 Å². The summed E-state index contributed by atoms with van der Waals surface area (Å²) in [5, 5.41) is 8.44. The van der Waals surface area contributed by atoms with Gasteiger partial charge in [0.05, 0.1) is 11.4 Å². The molecule has 100 valence electrons. The Balaban J connectivity index is 2.64. The molecular weight excluding hydrogens is 256 g/mol. The minimum atomic E-state index is -3.53. The number of benzene rings is 1. The summed E-state index contributed by atoms with van der Waals surface area (Å²) in [4.78, 5) is 10.3. The first kappa shape index (κ1) is 14.3. The molecule has 0 bridgehead atoms. The van der Waals surface area contributed by atoms with Crippen LogP contribution < -0.4 is 10.5 Å². The maximum Gasteiger partial charge on any atom is 0.303 e. The third-order valence-electron chi connectivity index (χ3n) is 2.36. The number of carbonyl (C=O) groups is 1. The van der Waals surface area contributed by atoms with Gasteiger partial charge < -0.3 is 10.8 Å². The molecule has 0 aromatic heterocycles. The molecule has 0 fully saturated rings. The number of carboxylic acids is 1. The quantitative estimate of drug-likeness (QED) is 0.674. The van der Waals surface area contributed by atoms with Crippen molar-refractivity contribution in [3.8, 4) is 0 Å². The van der Waals surface area contributed by atoms with E-state index < -0.39 is 16.0 Å². The molecule has 7 heteroatoms. The van der Waals surface area contributed by atoms with E-state index in [0.29, 0.717) is 11.4 Å². The first-order valence-electron chi connectivity index (χ1n) is 5.38. The van der Waals surface area contributed by atoms with E-state index in [-0.39, 0.29) is 18.6 Å². The summed E-state index contributed by atoms with van der Waals surface area (Å²) in [6.07, 6.45) is -0.0943. The molecule has 4 N–H and O–H groups in total. The summed E-state index contributed by atoms with van der Waals surface area (Å²) in [6, 6.07) is 4.86. The van der Waals surface area contributed by atoms with Gasteiger partial charge in [-0.1, -0.05) is 6.07 Å². The van der Waals surface area contributed by atoms with Crippen LogP contribution in [-0.4, -0.2) is 25.2 Å². The predicted octanol–water partition coefficient (Wildman–Crippen LogP) is 1.18. The van der Waals surface area contributed by atoms with E-state index in [4.69, 9.17) is 10.8 Å². The second kappa shape index (κ2) is 5.72. The topological polar surface area (TPSA) is 109 Å². The number of aliphatic carboxylic acids is 1. The van der Waals surface area contributed by atoms with Crippen molar-refractivity contribution in [3.05, 3.63) is 23.8 Å². The van der Waals surface area contributed by atoms with E-state index >= 15 is 0 Å². The van der Waals surface area contributed by atoms with Crippen molar-refractivity contribution in [1.82, 2.24) is 0 Å². The van der Waals surface area contributed by atoms with Crippen molar-refractivity contribution in [1.29, 1.82) is 0 Å². The van der Waals surface area contributed by atoms with Crippen LogP contribution in [0.5, 0.6) is 0 Å². The second-order valence-corrected chi connectivity index (χ2v) is 5.83. The summed E-state index contributed by atoms with van der Waals surface area (Å²) >= 11 is 0. The van der Waals surface area contributed by atoms with Crippen molar-refractivity contribution in [3.63, 3.8) is 0 Å². The minimum Gasteiger partial charge on any atom is -0.481 e. The number of nitrogen functional groups attached to an aromatic ring is 1. The van der Waals surface area contributed by atoms with Crippen LogP contribution in [0.25, 0.3) is 0 Å². The van der Waals surface area contributed by atoms with Crippen LogP contribution >= 0.6 is 0 Å². The van der Waals surface area contributed by atoms with Crippen LogP contribution in [0.2, 0.25) is 0 Å². The lowest BCUT2D eigenvalue weighted by Crippen LogP contribution is -2.17. The number of anilines is 2. The molecule has 6 nitrogen and oxygen atoms in total. The molecule has 1 aromatic carbocycles. The van der Waals surface area contributed by atoms with Gasteiger partial charge in [-0.15, -0.1) is 0 Å². The van der Waals surface area contributed by atoms with Crippen molar-refractivity contribution in [2.45, 2.75) is 19.8 Å². The van der Waals surface area contributed by atoms with E-state index in [2.05, 4.69) is 4.72 Å². The maximum absolute atomic E-state index is 11.6. The lowest BCUT2D eigenvalue weighted by molar-refractivity contribution is -0.137. The fraction of sp³-hybridized carbons (Fsp3) is 0.364. The Hall–Kier alpha value is -1.76. The minimum absolute atomic E-state index is 0.0754. The SMILES string of the molecule is Cc1ccc(NS(=O)(=O)CCCC(=O)O)cc1N. The van der Waals surface area contributed by atoms with Crippen LogP contribution in [-0.2, 0) is 14.8 Å². The third kappa shape index (κ3) is 4.62. The number of sulfonamides is 1. The molecule has 0 aliphatic carbocycles. The van der Waals surface area contributed by atoms with Crippen molar-refractivity contribution >= 4 is 27.4 Å². The molecular formula is C11H16N2O4S. The number of hydrogen-bond acceptors (Lipinski definition) is 4. The van der Waals surface area contributed by atoms with E-state index in [9.17, 15) is 13.2 Å². The van der Waals surface area contributed by atoms with Gasteiger partial charge in [-0.2, -0.15) is 0 Å². The first-order chi connectivity index (χ1) is 8.30. The zero-order chi connectivity index (χ0) is 13.8. The molecule has 0 atom stereocenters. The normalized spacial score (nSPS) is 11.2. The molecule has 1 rings (SSSR count). The van der Waals surface area contributed by atoms with E-state index in [1.54, 1.807) is 12.1 Å². The van der Waals surface area contributed by atoms with E-state index in [1.165, 1.54) is 6.07 Å². The van der Waals surface area contributed by atoms with Gasteiger partial charge in [0.25, 0.3) is 0 Å². The standard InChI is InChI=1S/C11H16N2O4S/c1-8-4-5-9(7-10(8)12)13-18(16,17)6-2-3-11(14)15/h4-5,7,13H,2-3,6,12H2,1H3,(H,14,15). The largest absolute Gasteiger partial charge is 0.481 e. The molecule has 1 aromatic rings. The fourth-order valence-electron chi connectivity index (χ4n) is 1.35. The van der Waals surface area contributed by atoms with Gasteiger partial charge in [0.15, 0.2) is 0 Å². The van der Waals surface area contributed by atoms with Gasteiger partial charge in [0, 0.05) is 12.1 Å². The smallest absolute Gasteiger partial charge is 0.303 e. The van der Waals surface area contributed by atoms with Crippen LogP contribution in [0.1, 0.15) is 18.4 Å². The number of nitrogens with two attached hydrogens (primary N) is 1. The molecule has 18 heavy (non-hydrogen) atoms. The van der Waals surface area contributed by atoms with Crippen LogP contribution in [0, 0.1) is 6.92 Å². The second-order valence-electron chi connectivity index (χ2n) is 3.99. The lowest BCUT2D eigenvalue weighted by atomic mass is 10.2. The van der Waals surface area contributed by atoms with E-state index in [0.717, 1.165) is 5.56 Å². The van der Waals surface area contributed by atoms with Gasteiger partial charge >= 0.3 is 5.97 Å². The van der Waals surface area contributed by atoms with Crippen LogP contribution in [0.3, 0.4) is 0 Å². The average molecular weight is 272 g/mol. The lowest BCUT2D eigenvalue weighted by Gasteiger charge is -2.09. The highest BCUT2D eigenvalue weighted by atomic mass is 32.2. The zero-order valence-corrected chi connectivity index (χ0v) is 10.8. The number of carboxylic acid groups (broad SMARTS) is 1. The molecule has 0 aliphatic heterocycles. The number of rotatable bonds is 6. The Morgan fingerprint density at radius 1 is 1.44 bits per heavy atom. The number of nitrogens with one attached hydrogen (secondary N) is 1. The van der Waals surface area contributed by atoms with Gasteiger partial charge in [-0.25, -0.2) is 8.42 Å². The Bertz CT molecular complexity index is 540. The van der Waals surface area contributed by atoms with Gasteiger partial charge in [0.2, 0.25) is 10.0 Å². The number of aryl methyl sites for hydroxylation is 1. The average Bonchev–Trinajstić information content (AvgIpc) is 2.22. The Kier molecular flexibility index (Phi) is 4.55. The molecule has 0 unspecified atom stereocenters. The van der Waals surface area contributed by atoms with Crippen LogP contribution in [0.4, 0.5) is 11.4 Å². The van der Waals surface area contributed by atoms with Gasteiger partial charge in [-0.3, -0.25) is 9.52 Å².